The van der Waals surface area contributed by atoms with Crippen LogP contribution in [0.25, 0.3) is 0 Å². The minimum absolute atomic E-state index is 0.0923. The third kappa shape index (κ3) is 56.7. The van der Waals surface area contributed by atoms with Crippen LogP contribution in [0.5, 0.6) is 0 Å². The van der Waals surface area contributed by atoms with Gasteiger partial charge in [0.25, 0.3) is 0 Å². The van der Waals surface area contributed by atoms with Crippen LogP contribution in [-0.4, -0.2) is 37.2 Å². The van der Waals surface area contributed by atoms with Gasteiger partial charge >= 0.3 is 17.9 Å². The molecule has 6 nitrogen and oxygen atoms in total. The van der Waals surface area contributed by atoms with Crippen molar-refractivity contribution >= 4 is 17.9 Å². The molecule has 0 N–H and O–H groups in total. The van der Waals surface area contributed by atoms with Gasteiger partial charge in [-0.3, -0.25) is 14.4 Å². The summed E-state index contributed by atoms with van der Waals surface area (Å²) in [6.45, 7) is 6.41. The van der Waals surface area contributed by atoms with Crippen LogP contribution in [0.1, 0.15) is 258 Å². The first-order chi connectivity index (χ1) is 35.5. The molecule has 0 amide bonds. The van der Waals surface area contributed by atoms with Crippen molar-refractivity contribution in [2.24, 2.45) is 0 Å². The van der Waals surface area contributed by atoms with Crippen molar-refractivity contribution in [3.8, 4) is 0 Å². The predicted molar refractivity (Wildman–Crippen MR) is 311 cm³/mol. The summed E-state index contributed by atoms with van der Waals surface area (Å²) in [7, 11) is 0. The minimum atomic E-state index is -0.792. The van der Waals surface area contributed by atoms with Gasteiger partial charge < -0.3 is 14.2 Å². The molecule has 0 bridgehead atoms. The van der Waals surface area contributed by atoms with E-state index in [9.17, 15) is 14.4 Å². The van der Waals surface area contributed by atoms with Crippen LogP contribution in [0.3, 0.4) is 0 Å². The first-order valence-corrected chi connectivity index (χ1v) is 29.5. The Hall–Kier alpha value is -4.19. The summed E-state index contributed by atoms with van der Waals surface area (Å²) >= 11 is 0. The van der Waals surface area contributed by atoms with Crippen LogP contribution < -0.4 is 0 Å². The number of esters is 3. The average Bonchev–Trinajstić information content (AvgIpc) is 3.38. The van der Waals surface area contributed by atoms with E-state index in [-0.39, 0.29) is 31.1 Å². The summed E-state index contributed by atoms with van der Waals surface area (Å²) in [5.74, 6) is -0.951. The highest BCUT2D eigenvalue weighted by molar-refractivity contribution is 5.71. The van der Waals surface area contributed by atoms with Gasteiger partial charge in [0, 0.05) is 19.3 Å². The topological polar surface area (TPSA) is 78.9 Å². The fourth-order valence-electron chi connectivity index (χ4n) is 7.82. The third-order valence-electron chi connectivity index (χ3n) is 12.2. The molecule has 0 aromatic rings. The van der Waals surface area contributed by atoms with E-state index in [1.165, 1.54) is 83.5 Å². The van der Waals surface area contributed by atoms with E-state index in [2.05, 4.69) is 142 Å². The van der Waals surface area contributed by atoms with E-state index < -0.39 is 6.10 Å². The number of ether oxygens (including phenoxy) is 3. The van der Waals surface area contributed by atoms with Gasteiger partial charge in [0.2, 0.25) is 0 Å². The van der Waals surface area contributed by atoms with E-state index in [4.69, 9.17) is 14.2 Å². The highest BCUT2D eigenvalue weighted by atomic mass is 16.6. The largest absolute Gasteiger partial charge is 0.462 e. The lowest BCUT2D eigenvalue weighted by Gasteiger charge is -2.18. The molecule has 0 radical (unpaired) electrons. The van der Waals surface area contributed by atoms with Crippen LogP contribution in [0.2, 0.25) is 0 Å². The first-order valence-electron chi connectivity index (χ1n) is 29.5. The monoisotopic (exact) mass is 997 g/mol. The summed E-state index contributed by atoms with van der Waals surface area (Å²) in [6, 6.07) is 0. The third-order valence-corrected chi connectivity index (χ3v) is 12.2. The predicted octanol–water partition coefficient (Wildman–Crippen LogP) is 20.0. The zero-order valence-electron chi connectivity index (χ0n) is 46.7. The summed E-state index contributed by atoms with van der Waals surface area (Å²) in [6.07, 6.45) is 82.4. The van der Waals surface area contributed by atoms with Gasteiger partial charge in [-0.25, -0.2) is 0 Å². The molecule has 0 aliphatic rings. The summed E-state index contributed by atoms with van der Waals surface area (Å²) in [5, 5.41) is 0. The molecule has 0 fully saturated rings. The number of carbonyl (C=O) groups excluding carboxylic acids is 3. The van der Waals surface area contributed by atoms with Gasteiger partial charge in [-0.05, 0) is 96.3 Å². The minimum Gasteiger partial charge on any atom is -0.462 e. The standard InChI is InChI=1S/C66H108O6/c1-4-7-10-13-15-17-19-21-23-25-26-27-28-29-30-31-32-33-34-35-36-37-38-39-40-41-43-44-46-48-50-53-56-59-65(68)71-62-63(61-70-64(67)58-55-52-12-9-6-3)72-66(69)60-57-54-51-49-47-45-42-24-22-20-18-16-14-11-8-5-2/h7,10,15,17,21,23,26-27,29-30,32-33,35-36,38-39,41,43,46,48,63H,4-6,8-9,11-14,16,18-20,22,24-25,28,31,34,37,40,42,44-45,47,49-62H2,1-3H3/b10-7-,17-15-,23-21-,27-26-,30-29-,33-32-,36-35-,39-38-,43-41-,48-46-. The molecule has 0 heterocycles. The number of hydrogen-bond acceptors (Lipinski definition) is 6. The molecule has 0 aliphatic heterocycles. The molecule has 0 rings (SSSR count). The summed E-state index contributed by atoms with van der Waals surface area (Å²) in [4.78, 5) is 37.8. The van der Waals surface area contributed by atoms with Crippen LogP contribution >= 0.6 is 0 Å². The average molecular weight is 998 g/mol. The molecule has 0 spiro atoms. The van der Waals surface area contributed by atoms with Crippen LogP contribution in [0.4, 0.5) is 0 Å². The van der Waals surface area contributed by atoms with Crippen LogP contribution in [0, 0.1) is 0 Å². The maximum atomic E-state index is 12.8. The second-order valence-corrected chi connectivity index (χ2v) is 19.2. The van der Waals surface area contributed by atoms with Crippen molar-refractivity contribution in [3.63, 3.8) is 0 Å². The van der Waals surface area contributed by atoms with Crippen molar-refractivity contribution in [3.05, 3.63) is 122 Å². The molecule has 0 aromatic carbocycles. The van der Waals surface area contributed by atoms with Crippen molar-refractivity contribution in [2.75, 3.05) is 13.2 Å². The Balaban J connectivity index is 4.17. The van der Waals surface area contributed by atoms with Gasteiger partial charge in [-0.15, -0.1) is 0 Å². The quantitative estimate of drug-likeness (QED) is 0.0261. The molecular weight excluding hydrogens is 889 g/mol. The molecule has 72 heavy (non-hydrogen) atoms. The molecule has 1 unspecified atom stereocenters. The number of rotatable bonds is 52. The molecule has 6 heteroatoms. The van der Waals surface area contributed by atoms with E-state index in [1.54, 1.807) is 0 Å². The normalized spacial score (nSPS) is 13.0. The van der Waals surface area contributed by atoms with Crippen LogP contribution in [-0.2, 0) is 28.6 Å². The second-order valence-electron chi connectivity index (χ2n) is 19.2. The van der Waals surface area contributed by atoms with Crippen molar-refractivity contribution < 1.29 is 28.6 Å². The number of carbonyl (C=O) groups is 3. The lowest BCUT2D eigenvalue weighted by molar-refractivity contribution is -0.167. The van der Waals surface area contributed by atoms with Crippen molar-refractivity contribution in [2.45, 2.75) is 264 Å². The highest BCUT2D eigenvalue weighted by Crippen LogP contribution is 2.15. The van der Waals surface area contributed by atoms with Crippen molar-refractivity contribution in [1.29, 1.82) is 0 Å². The number of hydrogen-bond donors (Lipinski definition) is 0. The van der Waals surface area contributed by atoms with E-state index in [1.807, 2.05) is 0 Å². The Labute approximate surface area is 443 Å². The molecule has 0 aliphatic carbocycles. The second kappa shape index (κ2) is 59.4. The Bertz CT molecular complexity index is 1520. The Morgan fingerprint density at radius 2 is 0.542 bits per heavy atom. The maximum absolute atomic E-state index is 12.8. The first kappa shape index (κ1) is 67.8. The molecule has 1 atom stereocenters. The lowest BCUT2D eigenvalue weighted by atomic mass is 10.0. The lowest BCUT2D eigenvalue weighted by Crippen LogP contribution is -2.30. The highest BCUT2D eigenvalue weighted by Gasteiger charge is 2.19. The SMILES string of the molecule is CC/C=C\C/C=C\C/C=C\C/C=C\C/C=C\C/C=C\C/C=C\C/C=C\C/C=C\C/C=C\CCCCC(=O)OCC(COC(=O)CCCCCCC)OC(=O)CCCCCCCCCCCCCCCCCC. The summed E-state index contributed by atoms with van der Waals surface area (Å²) in [5.41, 5.74) is 0. The molecule has 408 valence electrons. The zero-order chi connectivity index (χ0) is 52.2. The zero-order valence-corrected chi connectivity index (χ0v) is 46.7. The maximum Gasteiger partial charge on any atom is 0.306 e. The van der Waals surface area contributed by atoms with E-state index in [0.29, 0.717) is 19.3 Å². The fraction of sp³-hybridized carbons (Fsp3) is 0.652. The molecular formula is C66H108O6. The van der Waals surface area contributed by atoms with E-state index >= 15 is 0 Å². The van der Waals surface area contributed by atoms with E-state index in [0.717, 1.165) is 135 Å². The van der Waals surface area contributed by atoms with Crippen LogP contribution in [0.15, 0.2) is 122 Å². The fourth-order valence-corrected chi connectivity index (χ4v) is 7.82. The Kier molecular flexibility index (Phi) is 55.9. The van der Waals surface area contributed by atoms with Gasteiger partial charge in [0.1, 0.15) is 13.2 Å². The van der Waals surface area contributed by atoms with Crippen molar-refractivity contribution in [1.82, 2.24) is 0 Å². The number of allylic oxidation sites excluding steroid dienone is 20. The van der Waals surface area contributed by atoms with Gasteiger partial charge in [0.05, 0.1) is 0 Å². The molecule has 0 saturated carbocycles. The van der Waals surface area contributed by atoms with Gasteiger partial charge in [-0.2, -0.15) is 0 Å². The van der Waals surface area contributed by atoms with Gasteiger partial charge in [-0.1, -0.05) is 264 Å². The summed E-state index contributed by atoms with van der Waals surface area (Å²) < 4.78 is 16.7. The smallest absolute Gasteiger partial charge is 0.306 e. The Morgan fingerprint density at radius 1 is 0.292 bits per heavy atom. The Morgan fingerprint density at radius 3 is 0.847 bits per heavy atom. The van der Waals surface area contributed by atoms with Gasteiger partial charge in [0.15, 0.2) is 6.10 Å². The molecule has 0 aromatic heterocycles. The number of unbranched alkanes of at least 4 members (excludes halogenated alkanes) is 21. The molecule has 0 saturated heterocycles.